The van der Waals surface area contributed by atoms with E-state index in [0.29, 0.717) is 29.0 Å². The van der Waals surface area contributed by atoms with E-state index in [2.05, 4.69) is 26.9 Å². The molecule has 136 valence electrons. The molecule has 0 radical (unpaired) electrons. The van der Waals surface area contributed by atoms with Crippen LogP contribution in [-0.4, -0.2) is 52.4 Å². The zero-order valence-corrected chi connectivity index (χ0v) is 15.2. The number of likely N-dealkylation sites (tertiary alicyclic amines) is 1. The molecule has 1 aromatic carbocycles. The second-order valence-corrected chi connectivity index (χ2v) is 7.89. The number of hydrogen-bond donors (Lipinski definition) is 0. The van der Waals surface area contributed by atoms with Gasteiger partial charge in [0.1, 0.15) is 0 Å². The van der Waals surface area contributed by atoms with E-state index in [1.165, 1.54) is 18.4 Å². The molecule has 5 heterocycles. The number of carbonyl (C=O) groups excluding carboxylic acids is 1. The number of amides is 1. The van der Waals surface area contributed by atoms with Gasteiger partial charge in [-0.25, -0.2) is 0 Å². The second-order valence-electron chi connectivity index (χ2n) is 7.89. The zero-order valence-electron chi connectivity index (χ0n) is 15.2. The minimum absolute atomic E-state index is 0.0923. The summed E-state index contributed by atoms with van der Waals surface area (Å²) in [4.78, 5) is 22.4. The fourth-order valence-electron chi connectivity index (χ4n) is 5.40. The van der Waals surface area contributed by atoms with E-state index in [1.807, 2.05) is 18.5 Å². The molecule has 27 heavy (non-hydrogen) atoms. The van der Waals surface area contributed by atoms with Gasteiger partial charge in [-0.15, -0.1) is 0 Å². The molecule has 0 N–H and O–H groups in total. The number of piperidine rings is 3. The summed E-state index contributed by atoms with van der Waals surface area (Å²) in [5.74, 6) is 0.993. The standard InChI is InChI=1S/C22H22N4O/c23-12-15-3-5-17(6-4-15)22(27)26-14-19(18-2-1-9-24-13-18)21-20(26)16-7-10-25(21)11-8-16/h1-6,9,13,16,19-21H,7-8,10-11,14H2. The van der Waals surface area contributed by atoms with Crippen LogP contribution in [0.15, 0.2) is 48.8 Å². The number of carbonyl (C=O) groups is 1. The third kappa shape index (κ3) is 2.64. The lowest BCUT2D eigenvalue weighted by molar-refractivity contribution is -0.00342. The molecule has 6 rings (SSSR count). The lowest BCUT2D eigenvalue weighted by atomic mass is 9.75. The van der Waals surface area contributed by atoms with Crippen molar-refractivity contribution in [2.75, 3.05) is 19.6 Å². The third-order valence-corrected chi connectivity index (χ3v) is 6.63. The van der Waals surface area contributed by atoms with Crippen LogP contribution in [0.2, 0.25) is 0 Å². The monoisotopic (exact) mass is 358 g/mol. The second kappa shape index (κ2) is 6.47. The van der Waals surface area contributed by atoms with Crippen LogP contribution < -0.4 is 0 Å². The fraction of sp³-hybridized carbons (Fsp3) is 0.409. The molecule has 0 aliphatic carbocycles. The number of pyridine rings is 1. The maximum atomic E-state index is 13.4. The Bertz CT molecular complexity index is 881. The molecule has 0 saturated carbocycles. The highest BCUT2D eigenvalue weighted by Gasteiger charge is 2.54. The van der Waals surface area contributed by atoms with Crippen molar-refractivity contribution in [2.45, 2.75) is 30.8 Å². The molecule has 4 saturated heterocycles. The molecule has 5 heteroatoms. The molecule has 3 atom stereocenters. The molecule has 1 aromatic heterocycles. The zero-order chi connectivity index (χ0) is 18.4. The molecule has 3 unspecified atom stereocenters. The summed E-state index contributed by atoms with van der Waals surface area (Å²) < 4.78 is 0. The summed E-state index contributed by atoms with van der Waals surface area (Å²) in [5.41, 5.74) is 2.49. The predicted molar refractivity (Wildman–Crippen MR) is 101 cm³/mol. The van der Waals surface area contributed by atoms with Crippen molar-refractivity contribution in [3.05, 3.63) is 65.5 Å². The number of nitriles is 1. The van der Waals surface area contributed by atoms with Crippen LogP contribution in [0.25, 0.3) is 0 Å². The van der Waals surface area contributed by atoms with Crippen LogP contribution in [0.3, 0.4) is 0 Å². The van der Waals surface area contributed by atoms with E-state index in [-0.39, 0.29) is 11.9 Å². The quantitative estimate of drug-likeness (QED) is 0.828. The molecule has 2 aromatic rings. The fourth-order valence-corrected chi connectivity index (χ4v) is 5.40. The van der Waals surface area contributed by atoms with Gasteiger partial charge in [-0.05, 0) is 67.7 Å². The Hall–Kier alpha value is -2.71. The summed E-state index contributed by atoms with van der Waals surface area (Å²) >= 11 is 0. The summed E-state index contributed by atoms with van der Waals surface area (Å²) in [6.07, 6.45) is 6.12. The number of fused-ring (bicyclic) bond motifs is 2. The van der Waals surface area contributed by atoms with Crippen molar-refractivity contribution in [3.8, 4) is 6.07 Å². The highest BCUT2D eigenvalue weighted by molar-refractivity contribution is 5.95. The maximum Gasteiger partial charge on any atom is 0.254 e. The van der Waals surface area contributed by atoms with Crippen molar-refractivity contribution in [3.63, 3.8) is 0 Å². The number of hydrogen-bond acceptors (Lipinski definition) is 4. The topological polar surface area (TPSA) is 60.2 Å². The summed E-state index contributed by atoms with van der Waals surface area (Å²) in [7, 11) is 0. The predicted octanol–water partition coefficient (Wildman–Crippen LogP) is 2.66. The van der Waals surface area contributed by atoms with Gasteiger partial charge < -0.3 is 4.90 Å². The Kier molecular flexibility index (Phi) is 3.95. The van der Waals surface area contributed by atoms with E-state index < -0.39 is 0 Å². The van der Waals surface area contributed by atoms with Crippen molar-refractivity contribution in [2.24, 2.45) is 5.92 Å². The largest absolute Gasteiger partial charge is 0.333 e. The van der Waals surface area contributed by atoms with Gasteiger partial charge in [0.15, 0.2) is 0 Å². The maximum absolute atomic E-state index is 13.4. The van der Waals surface area contributed by atoms with Crippen LogP contribution >= 0.6 is 0 Å². The van der Waals surface area contributed by atoms with Crippen molar-refractivity contribution in [1.29, 1.82) is 5.26 Å². The molecule has 4 aliphatic heterocycles. The summed E-state index contributed by atoms with van der Waals surface area (Å²) in [6.45, 7) is 3.02. The van der Waals surface area contributed by atoms with E-state index in [9.17, 15) is 4.79 Å². The Labute approximate surface area is 159 Å². The van der Waals surface area contributed by atoms with Gasteiger partial charge in [-0.3, -0.25) is 14.7 Å². The van der Waals surface area contributed by atoms with Gasteiger partial charge in [0.05, 0.1) is 17.7 Å². The average molecular weight is 358 g/mol. The van der Waals surface area contributed by atoms with Crippen LogP contribution in [0.5, 0.6) is 0 Å². The first-order valence-electron chi connectivity index (χ1n) is 9.71. The Balaban J connectivity index is 1.50. The van der Waals surface area contributed by atoms with Crippen LogP contribution in [-0.2, 0) is 0 Å². The van der Waals surface area contributed by atoms with E-state index in [4.69, 9.17) is 5.26 Å². The molecule has 4 fully saturated rings. The third-order valence-electron chi connectivity index (χ3n) is 6.63. The minimum atomic E-state index is 0.0923. The summed E-state index contributed by atoms with van der Waals surface area (Å²) in [6, 6.07) is 14.0. The minimum Gasteiger partial charge on any atom is -0.333 e. The van der Waals surface area contributed by atoms with Gasteiger partial charge in [0.25, 0.3) is 5.91 Å². The normalized spacial score (nSPS) is 31.4. The number of aromatic nitrogens is 1. The highest BCUT2D eigenvalue weighted by atomic mass is 16.2. The molecule has 2 bridgehead atoms. The highest BCUT2D eigenvalue weighted by Crippen LogP contribution is 2.46. The van der Waals surface area contributed by atoms with Gasteiger partial charge >= 0.3 is 0 Å². The first kappa shape index (κ1) is 16.5. The Morgan fingerprint density at radius 3 is 2.56 bits per heavy atom. The molecular formula is C22H22N4O. The van der Waals surface area contributed by atoms with E-state index in [0.717, 1.165) is 19.6 Å². The number of benzene rings is 1. The van der Waals surface area contributed by atoms with Crippen LogP contribution in [0, 0.1) is 17.2 Å². The number of nitrogens with zero attached hydrogens (tertiary/aromatic N) is 4. The number of rotatable bonds is 2. The molecule has 4 aliphatic rings. The first-order chi connectivity index (χ1) is 13.3. The van der Waals surface area contributed by atoms with Crippen molar-refractivity contribution >= 4 is 5.91 Å². The van der Waals surface area contributed by atoms with E-state index >= 15 is 0 Å². The van der Waals surface area contributed by atoms with Gasteiger partial charge in [-0.1, -0.05) is 6.07 Å². The van der Waals surface area contributed by atoms with Gasteiger partial charge in [-0.2, -0.15) is 5.26 Å². The Morgan fingerprint density at radius 2 is 1.89 bits per heavy atom. The SMILES string of the molecule is N#Cc1ccc(C(=O)N2CC(c3cccnc3)C3C2C2CCN3CC2)cc1. The lowest BCUT2D eigenvalue weighted by Gasteiger charge is -2.51. The first-order valence-corrected chi connectivity index (χ1v) is 9.71. The van der Waals surface area contributed by atoms with Crippen molar-refractivity contribution < 1.29 is 4.79 Å². The van der Waals surface area contributed by atoms with Crippen molar-refractivity contribution in [1.82, 2.24) is 14.8 Å². The Morgan fingerprint density at radius 1 is 1.11 bits per heavy atom. The molecule has 1 amide bonds. The summed E-state index contributed by atoms with van der Waals surface area (Å²) in [5, 5.41) is 9.01. The average Bonchev–Trinajstić information content (AvgIpc) is 3.18. The lowest BCUT2D eigenvalue weighted by Crippen LogP contribution is -2.60. The molecule has 0 spiro atoms. The van der Waals surface area contributed by atoms with E-state index in [1.54, 1.807) is 24.3 Å². The molecule has 5 nitrogen and oxygen atoms in total. The van der Waals surface area contributed by atoms with Gasteiger partial charge in [0, 0.05) is 36.5 Å². The van der Waals surface area contributed by atoms with Gasteiger partial charge in [0.2, 0.25) is 0 Å². The molecular weight excluding hydrogens is 336 g/mol. The van der Waals surface area contributed by atoms with Crippen LogP contribution in [0.4, 0.5) is 0 Å². The van der Waals surface area contributed by atoms with Crippen LogP contribution in [0.1, 0.15) is 40.2 Å². The smallest absolute Gasteiger partial charge is 0.254 e.